The summed E-state index contributed by atoms with van der Waals surface area (Å²) in [5.41, 5.74) is 0. The number of methoxy groups -OCH3 is 3. The van der Waals surface area contributed by atoms with Gasteiger partial charge in [0.25, 0.3) is 0 Å². The van der Waals surface area contributed by atoms with Crippen LogP contribution in [0.2, 0.25) is 0 Å². The predicted molar refractivity (Wildman–Crippen MR) is 147 cm³/mol. The molecule has 0 aromatic carbocycles. The van der Waals surface area contributed by atoms with Crippen LogP contribution in [0.4, 0.5) is 9.59 Å². The topological polar surface area (TPSA) is 143 Å². The normalized spacial score (nSPS) is 8.78. The van der Waals surface area contributed by atoms with E-state index in [1.807, 2.05) is 0 Å². The number of carbonyl (C=O) groups is 3. The minimum absolute atomic E-state index is 0. The highest BCUT2D eigenvalue weighted by Crippen LogP contribution is 2.00. The van der Waals surface area contributed by atoms with E-state index in [1.165, 1.54) is 14.2 Å². The first-order valence-electron chi connectivity index (χ1n) is 9.69. The molecule has 36 heavy (non-hydrogen) atoms. The van der Waals surface area contributed by atoms with Crippen LogP contribution in [0.1, 0.15) is 57.4 Å². The Hall–Kier alpha value is -2.15. The Bertz CT molecular complexity index is 444. The largest absolute Gasteiger partial charge is 0.447 e. The van der Waals surface area contributed by atoms with Gasteiger partial charge in [-0.2, -0.15) is 0 Å². The molecule has 0 aliphatic heterocycles. The Balaban J connectivity index is -0.000000280. The van der Waals surface area contributed by atoms with Gasteiger partial charge in [0, 0.05) is 54.0 Å². The van der Waals surface area contributed by atoms with Crippen molar-refractivity contribution in [3.63, 3.8) is 0 Å². The molecule has 0 atom stereocenters. The van der Waals surface area contributed by atoms with E-state index >= 15 is 0 Å². The molecule has 0 bridgehead atoms. The number of alkyl carbamates (subject to hydrolysis) is 2. The van der Waals surface area contributed by atoms with Crippen LogP contribution in [0.3, 0.4) is 0 Å². The summed E-state index contributed by atoms with van der Waals surface area (Å²) in [6.07, 6.45) is -1.23. The van der Waals surface area contributed by atoms with Crippen LogP contribution in [0.5, 0.6) is 0 Å². The number of hydrogen-bond acceptors (Lipinski definition) is 9. The number of carbonyl (C=O) groups excluding carboxylic acids is 3. The fourth-order valence-electron chi connectivity index (χ4n) is 1.96. The monoisotopic (exact) mass is 533 g/mol. The molecule has 0 fully saturated rings. The van der Waals surface area contributed by atoms with Crippen LogP contribution in [0, 0.1) is 0 Å². The molecule has 0 radical (unpaired) electrons. The first-order valence-corrected chi connectivity index (χ1v) is 9.69. The molecule has 0 spiro atoms. The van der Waals surface area contributed by atoms with E-state index < -0.39 is 18.3 Å². The molecule has 12 nitrogen and oxygen atoms in total. The standard InChI is InChI=1S/C18H35N3O9.6CH4/c1-25-10-6-19-16(22)5-4-9-28-15(13-29-17(23)20-7-11-26-2)14-30-18(24)21-8-12-27-3;;;;;;/h15H,4-14H2,1-3H3,(H,19,22)(H,20,23)(H,21,24);6*1H4. The van der Waals surface area contributed by atoms with Crippen molar-refractivity contribution in [1.82, 2.24) is 16.0 Å². The fraction of sp³-hybridized carbons (Fsp3) is 0.875. The first-order chi connectivity index (χ1) is 14.5. The molecule has 0 heterocycles. The Morgan fingerprint density at radius 1 is 0.611 bits per heavy atom. The van der Waals surface area contributed by atoms with Gasteiger partial charge in [-0.15, -0.1) is 0 Å². The van der Waals surface area contributed by atoms with Gasteiger partial charge in [0.05, 0.1) is 19.8 Å². The first kappa shape index (κ1) is 50.7. The predicted octanol–water partition coefficient (Wildman–Crippen LogP) is 3.48. The van der Waals surface area contributed by atoms with E-state index in [4.69, 9.17) is 28.4 Å². The van der Waals surface area contributed by atoms with Gasteiger partial charge < -0.3 is 44.4 Å². The molecule has 3 amide bonds. The van der Waals surface area contributed by atoms with Crippen LogP contribution in [0.15, 0.2) is 0 Å². The second-order valence-corrected chi connectivity index (χ2v) is 5.98. The van der Waals surface area contributed by atoms with Crippen LogP contribution >= 0.6 is 0 Å². The Labute approximate surface area is 221 Å². The average Bonchev–Trinajstić information content (AvgIpc) is 2.73. The van der Waals surface area contributed by atoms with Crippen LogP contribution in [-0.4, -0.2) is 105 Å². The number of amides is 3. The van der Waals surface area contributed by atoms with Crippen molar-refractivity contribution in [2.75, 3.05) is 80.6 Å². The summed E-state index contributed by atoms with van der Waals surface area (Å²) in [6, 6.07) is 0. The van der Waals surface area contributed by atoms with Crippen LogP contribution in [0.25, 0.3) is 0 Å². The summed E-state index contributed by atoms with van der Waals surface area (Å²) in [4.78, 5) is 34.9. The van der Waals surface area contributed by atoms with Gasteiger partial charge in [-0.25, -0.2) is 9.59 Å². The third-order valence-corrected chi connectivity index (χ3v) is 3.48. The Morgan fingerprint density at radius 2 is 1.00 bits per heavy atom. The van der Waals surface area contributed by atoms with Crippen molar-refractivity contribution in [2.45, 2.75) is 63.5 Å². The zero-order valence-electron chi connectivity index (χ0n) is 18.0. The van der Waals surface area contributed by atoms with E-state index in [0.717, 1.165) is 0 Å². The number of nitrogens with one attached hydrogen (secondary N) is 3. The fourth-order valence-corrected chi connectivity index (χ4v) is 1.96. The third kappa shape index (κ3) is 34.0. The molecule has 0 aliphatic carbocycles. The van der Waals surface area contributed by atoms with Gasteiger partial charge in [-0.3, -0.25) is 4.79 Å². The number of hydrogen-bond donors (Lipinski definition) is 3. The second-order valence-electron chi connectivity index (χ2n) is 5.98. The maximum Gasteiger partial charge on any atom is 0.407 e. The second kappa shape index (κ2) is 37.4. The maximum atomic E-state index is 11.6. The van der Waals surface area contributed by atoms with E-state index in [2.05, 4.69) is 16.0 Å². The number of rotatable bonds is 18. The van der Waals surface area contributed by atoms with Gasteiger partial charge in [0.1, 0.15) is 19.3 Å². The van der Waals surface area contributed by atoms with Crippen molar-refractivity contribution >= 4 is 18.1 Å². The lowest BCUT2D eigenvalue weighted by Crippen LogP contribution is -2.35. The molecule has 0 aromatic rings. The van der Waals surface area contributed by atoms with E-state index in [0.29, 0.717) is 45.9 Å². The van der Waals surface area contributed by atoms with Crippen molar-refractivity contribution in [3.05, 3.63) is 0 Å². The quantitative estimate of drug-likeness (QED) is 0.226. The van der Waals surface area contributed by atoms with E-state index in [1.54, 1.807) is 7.11 Å². The highest BCUT2D eigenvalue weighted by atomic mass is 16.6. The smallest absolute Gasteiger partial charge is 0.407 e. The molecule has 0 aliphatic rings. The highest BCUT2D eigenvalue weighted by Gasteiger charge is 2.16. The Kier molecular flexibility index (Phi) is 52.6. The molecule has 0 unspecified atom stereocenters. The van der Waals surface area contributed by atoms with E-state index in [-0.39, 0.29) is 76.7 Å². The van der Waals surface area contributed by atoms with Crippen molar-refractivity contribution < 1.29 is 42.8 Å². The Morgan fingerprint density at radius 3 is 1.39 bits per heavy atom. The van der Waals surface area contributed by atoms with Crippen LogP contribution in [-0.2, 0) is 33.2 Å². The molecule has 0 saturated heterocycles. The summed E-state index contributed by atoms with van der Waals surface area (Å²) in [5, 5.41) is 7.72. The lowest BCUT2D eigenvalue weighted by atomic mass is 10.3. The molecule has 0 aromatic heterocycles. The molecule has 0 saturated carbocycles. The van der Waals surface area contributed by atoms with E-state index in [9.17, 15) is 14.4 Å². The SMILES string of the molecule is C.C.C.C.C.C.COCCNC(=O)CCCOC(COC(=O)NCCOC)COC(=O)NCCOC. The molecular weight excluding hydrogens is 474 g/mol. The minimum Gasteiger partial charge on any atom is -0.447 e. The van der Waals surface area contributed by atoms with Gasteiger partial charge in [-0.1, -0.05) is 44.6 Å². The van der Waals surface area contributed by atoms with Crippen LogP contribution < -0.4 is 16.0 Å². The third-order valence-electron chi connectivity index (χ3n) is 3.48. The van der Waals surface area contributed by atoms with Gasteiger partial charge in [0.2, 0.25) is 5.91 Å². The average molecular weight is 534 g/mol. The lowest BCUT2D eigenvalue weighted by molar-refractivity contribution is -0.121. The van der Waals surface area contributed by atoms with Gasteiger partial charge in [-0.05, 0) is 6.42 Å². The maximum absolute atomic E-state index is 11.6. The summed E-state index contributed by atoms with van der Waals surface area (Å²) < 4.78 is 30.3. The van der Waals surface area contributed by atoms with Gasteiger partial charge in [0.15, 0.2) is 0 Å². The zero-order valence-corrected chi connectivity index (χ0v) is 18.0. The minimum atomic E-state index is -0.678. The summed E-state index contributed by atoms with van der Waals surface area (Å²) in [6.45, 7) is 2.18. The van der Waals surface area contributed by atoms with Crippen molar-refractivity contribution in [2.24, 2.45) is 0 Å². The highest BCUT2D eigenvalue weighted by molar-refractivity contribution is 5.75. The molecule has 0 rings (SSSR count). The lowest BCUT2D eigenvalue weighted by Gasteiger charge is -2.18. The van der Waals surface area contributed by atoms with Gasteiger partial charge >= 0.3 is 12.2 Å². The molecule has 12 heteroatoms. The molecule has 3 N–H and O–H groups in total. The molecular formula is C24H59N3O9. The summed E-state index contributed by atoms with van der Waals surface area (Å²) in [7, 11) is 4.59. The van der Waals surface area contributed by atoms with Crippen molar-refractivity contribution in [3.8, 4) is 0 Å². The zero-order chi connectivity index (χ0) is 22.5. The molecule has 224 valence electrons. The van der Waals surface area contributed by atoms with Crippen molar-refractivity contribution in [1.29, 1.82) is 0 Å². The number of ether oxygens (including phenoxy) is 6. The summed E-state index contributed by atoms with van der Waals surface area (Å²) in [5.74, 6) is -0.116. The summed E-state index contributed by atoms with van der Waals surface area (Å²) >= 11 is 0.